The van der Waals surface area contributed by atoms with Gasteiger partial charge in [-0.2, -0.15) is 0 Å². The van der Waals surface area contributed by atoms with E-state index in [1.807, 2.05) is 12.1 Å². The van der Waals surface area contributed by atoms with Gasteiger partial charge < -0.3 is 9.64 Å². The van der Waals surface area contributed by atoms with E-state index in [0.717, 1.165) is 36.5 Å². The molecule has 1 aromatic heterocycles. The molecular weight excluding hydrogens is 293 g/mol. The van der Waals surface area contributed by atoms with Crippen LogP contribution in [-0.2, 0) is 13.0 Å². The fourth-order valence-corrected chi connectivity index (χ4v) is 3.13. The second kappa shape index (κ2) is 5.50. The number of fused-ring (bicyclic) bond motifs is 2. The first kappa shape index (κ1) is 13.9. The van der Waals surface area contributed by atoms with Crippen molar-refractivity contribution in [1.82, 2.24) is 9.97 Å². The molecule has 0 spiro atoms. The van der Waals surface area contributed by atoms with Crippen molar-refractivity contribution in [3.8, 4) is 5.75 Å². The molecule has 116 valence electrons. The highest BCUT2D eigenvalue weighted by Gasteiger charge is 2.20. The molecule has 0 radical (unpaired) electrons. The van der Waals surface area contributed by atoms with Crippen LogP contribution in [0.1, 0.15) is 11.1 Å². The van der Waals surface area contributed by atoms with Crippen molar-refractivity contribution in [3.63, 3.8) is 0 Å². The third-order valence-electron chi connectivity index (χ3n) is 4.32. The summed E-state index contributed by atoms with van der Waals surface area (Å²) >= 11 is 0. The molecule has 3 aromatic rings. The van der Waals surface area contributed by atoms with E-state index in [9.17, 15) is 4.39 Å². The van der Waals surface area contributed by atoms with E-state index in [-0.39, 0.29) is 5.82 Å². The molecule has 0 saturated heterocycles. The zero-order chi connectivity index (χ0) is 15.8. The molecule has 0 N–H and O–H groups in total. The fourth-order valence-electron chi connectivity index (χ4n) is 3.13. The molecule has 0 fully saturated rings. The Hall–Kier alpha value is -2.69. The Balaban J connectivity index is 1.76. The first-order valence-corrected chi connectivity index (χ1v) is 7.56. The zero-order valence-electron chi connectivity index (χ0n) is 12.8. The summed E-state index contributed by atoms with van der Waals surface area (Å²) in [5.74, 6) is 1.32. The molecular formula is C18H16FN3O. The number of methoxy groups -OCH3 is 1. The largest absolute Gasteiger partial charge is 0.497 e. The van der Waals surface area contributed by atoms with Crippen molar-refractivity contribution < 1.29 is 9.13 Å². The lowest BCUT2D eigenvalue weighted by molar-refractivity contribution is 0.413. The van der Waals surface area contributed by atoms with Gasteiger partial charge in [0.25, 0.3) is 0 Å². The Labute approximate surface area is 133 Å². The molecule has 0 amide bonds. The van der Waals surface area contributed by atoms with E-state index in [4.69, 9.17) is 4.74 Å². The molecule has 5 heteroatoms. The third-order valence-corrected chi connectivity index (χ3v) is 4.32. The van der Waals surface area contributed by atoms with E-state index >= 15 is 0 Å². The van der Waals surface area contributed by atoms with Gasteiger partial charge in [-0.1, -0.05) is 12.1 Å². The minimum atomic E-state index is -0.315. The van der Waals surface area contributed by atoms with Gasteiger partial charge in [0.2, 0.25) is 0 Å². The smallest absolute Gasteiger partial charge is 0.149 e. The van der Waals surface area contributed by atoms with E-state index in [1.165, 1.54) is 23.5 Å². The van der Waals surface area contributed by atoms with Crippen LogP contribution in [-0.4, -0.2) is 23.6 Å². The molecule has 1 aliphatic heterocycles. The Morgan fingerprint density at radius 1 is 1.13 bits per heavy atom. The Kier molecular flexibility index (Phi) is 3.33. The quantitative estimate of drug-likeness (QED) is 0.728. The highest BCUT2D eigenvalue weighted by Crippen LogP contribution is 2.30. The number of rotatable bonds is 2. The van der Waals surface area contributed by atoms with Crippen molar-refractivity contribution >= 4 is 16.7 Å². The van der Waals surface area contributed by atoms with Crippen LogP contribution >= 0.6 is 0 Å². The number of hydrogen-bond donors (Lipinski definition) is 0. The van der Waals surface area contributed by atoms with Crippen LogP contribution in [0.25, 0.3) is 10.9 Å². The normalized spacial score (nSPS) is 13.9. The fraction of sp³-hybridized carbons (Fsp3) is 0.222. The third kappa shape index (κ3) is 2.38. The second-order valence-corrected chi connectivity index (χ2v) is 5.64. The molecule has 0 unspecified atom stereocenters. The number of para-hydroxylation sites is 1. The van der Waals surface area contributed by atoms with Crippen molar-refractivity contribution in [2.45, 2.75) is 13.0 Å². The minimum Gasteiger partial charge on any atom is -0.497 e. The van der Waals surface area contributed by atoms with Crippen LogP contribution in [0.4, 0.5) is 10.2 Å². The Morgan fingerprint density at radius 2 is 2.04 bits per heavy atom. The maximum Gasteiger partial charge on any atom is 0.149 e. The lowest BCUT2D eigenvalue weighted by atomic mass is 9.99. The monoisotopic (exact) mass is 309 g/mol. The summed E-state index contributed by atoms with van der Waals surface area (Å²) in [6.45, 7) is 1.58. The summed E-state index contributed by atoms with van der Waals surface area (Å²) in [5.41, 5.74) is 2.92. The molecule has 0 bridgehead atoms. The minimum absolute atomic E-state index is 0.315. The first-order valence-electron chi connectivity index (χ1n) is 7.56. The standard InChI is InChI=1S/C18H16FN3O/c1-23-14-6-5-12-7-8-22(10-13(12)9-14)18-15-3-2-4-16(19)17(15)20-11-21-18/h2-6,9,11H,7-8,10H2,1H3. The molecule has 0 aliphatic carbocycles. The molecule has 2 heterocycles. The number of nitrogens with zero attached hydrogens (tertiary/aromatic N) is 3. The van der Waals surface area contributed by atoms with Crippen LogP contribution in [0, 0.1) is 5.82 Å². The van der Waals surface area contributed by atoms with Gasteiger partial charge >= 0.3 is 0 Å². The number of anilines is 1. The number of hydrogen-bond acceptors (Lipinski definition) is 4. The molecule has 1 aliphatic rings. The SMILES string of the molecule is COc1ccc2c(c1)CN(c1ncnc3c(F)cccc13)CC2. The van der Waals surface area contributed by atoms with E-state index in [0.29, 0.717) is 5.52 Å². The average Bonchev–Trinajstić information content (AvgIpc) is 2.60. The number of benzene rings is 2. The van der Waals surface area contributed by atoms with Crippen molar-refractivity contribution in [2.24, 2.45) is 0 Å². The Bertz CT molecular complexity index is 881. The predicted molar refractivity (Wildman–Crippen MR) is 87.2 cm³/mol. The number of ether oxygens (including phenoxy) is 1. The van der Waals surface area contributed by atoms with Gasteiger partial charge in [-0.3, -0.25) is 0 Å². The summed E-state index contributed by atoms with van der Waals surface area (Å²) in [4.78, 5) is 10.7. The van der Waals surface area contributed by atoms with Crippen LogP contribution in [0.3, 0.4) is 0 Å². The predicted octanol–water partition coefficient (Wildman–Crippen LogP) is 3.34. The molecule has 2 aromatic carbocycles. The second-order valence-electron chi connectivity index (χ2n) is 5.64. The molecule has 4 nitrogen and oxygen atoms in total. The van der Waals surface area contributed by atoms with Crippen LogP contribution in [0.5, 0.6) is 5.75 Å². The molecule has 23 heavy (non-hydrogen) atoms. The van der Waals surface area contributed by atoms with Gasteiger partial charge in [0.15, 0.2) is 0 Å². The maximum absolute atomic E-state index is 13.9. The van der Waals surface area contributed by atoms with Gasteiger partial charge in [0, 0.05) is 18.5 Å². The first-order chi connectivity index (χ1) is 11.3. The lowest BCUT2D eigenvalue weighted by Gasteiger charge is -2.30. The van der Waals surface area contributed by atoms with E-state index in [1.54, 1.807) is 13.2 Å². The van der Waals surface area contributed by atoms with E-state index in [2.05, 4.69) is 27.0 Å². The zero-order valence-corrected chi connectivity index (χ0v) is 12.8. The highest BCUT2D eigenvalue weighted by molar-refractivity contribution is 5.89. The average molecular weight is 309 g/mol. The number of aromatic nitrogens is 2. The summed E-state index contributed by atoms with van der Waals surface area (Å²) < 4.78 is 19.3. The maximum atomic E-state index is 13.9. The van der Waals surface area contributed by atoms with Gasteiger partial charge in [-0.25, -0.2) is 14.4 Å². The van der Waals surface area contributed by atoms with Crippen LogP contribution in [0.2, 0.25) is 0 Å². The summed E-state index contributed by atoms with van der Waals surface area (Å²) in [7, 11) is 1.67. The highest BCUT2D eigenvalue weighted by atomic mass is 19.1. The summed E-state index contributed by atoms with van der Waals surface area (Å²) in [6, 6.07) is 11.2. The van der Waals surface area contributed by atoms with Gasteiger partial charge in [-0.15, -0.1) is 0 Å². The van der Waals surface area contributed by atoms with Crippen LogP contribution in [0.15, 0.2) is 42.7 Å². The van der Waals surface area contributed by atoms with Gasteiger partial charge in [0.1, 0.15) is 29.2 Å². The summed E-state index contributed by atoms with van der Waals surface area (Å²) in [6.07, 6.45) is 2.36. The molecule has 0 atom stereocenters. The lowest BCUT2D eigenvalue weighted by Crippen LogP contribution is -2.31. The van der Waals surface area contributed by atoms with Crippen molar-refractivity contribution in [2.75, 3.05) is 18.6 Å². The van der Waals surface area contributed by atoms with E-state index < -0.39 is 0 Å². The molecule has 4 rings (SSSR count). The molecule has 0 saturated carbocycles. The van der Waals surface area contributed by atoms with Crippen LogP contribution < -0.4 is 9.64 Å². The van der Waals surface area contributed by atoms with Gasteiger partial charge in [-0.05, 0) is 41.8 Å². The Morgan fingerprint density at radius 3 is 2.91 bits per heavy atom. The topological polar surface area (TPSA) is 38.2 Å². The number of halogens is 1. The summed E-state index contributed by atoms with van der Waals surface area (Å²) in [5, 5.41) is 0.749. The van der Waals surface area contributed by atoms with Gasteiger partial charge in [0.05, 0.1) is 7.11 Å². The van der Waals surface area contributed by atoms with Crippen molar-refractivity contribution in [1.29, 1.82) is 0 Å². The van der Waals surface area contributed by atoms with Crippen molar-refractivity contribution in [3.05, 3.63) is 59.7 Å².